The molecule has 1 aromatic carbocycles. The predicted octanol–water partition coefficient (Wildman–Crippen LogP) is 2.90. The standard InChI is InChI=1S/C13H13ClFN3O2/c1-19-11-6-12(20-2)18-13(17-11)16-7-8-3-4-10(15)9(14)5-8/h3-6H,7H2,1-2H3,(H,16,17,18). The monoisotopic (exact) mass is 297 g/mol. The molecule has 1 heterocycles. The number of hydrogen-bond donors (Lipinski definition) is 1. The van der Waals surface area contributed by atoms with Crippen LogP contribution in [0.2, 0.25) is 5.02 Å². The summed E-state index contributed by atoms with van der Waals surface area (Å²) in [4.78, 5) is 8.25. The first-order chi connectivity index (χ1) is 9.62. The average molecular weight is 298 g/mol. The molecule has 7 heteroatoms. The zero-order valence-corrected chi connectivity index (χ0v) is 11.7. The highest BCUT2D eigenvalue weighted by Gasteiger charge is 2.06. The fourth-order valence-electron chi connectivity index (χ4n) is 1.52. The summed E-state index contributed by atoms with van der Waals surface area (Å²) in [6.07, 6.45) is 0. The van der Waals surface area contributed by atoms with E-state index < -0.39 is 5.82 Å². The second-order valence-electron chi connectivity index (χ2n) is 3.88. The molecule has 0 saturated heterocycles. The number of halogens is 2. The van der Waals surface area contributed by atoms with Crippen LogP contribution in [0.1, 0.15) is 5.56 Å². The fourth-order valence-corrected chi connectivity index (χ4v) is 1.73. The number of aromatic nitrogens is 2. The number of methoxy groups -OCH3 is 2. The van der Waals surface area contributed by atoms with Crippen LogP contribution in [-0.4, -0.2) is 24.2 Å². The molecule has 0 atom stereocenters. The Kier molecular flexibility index (Phi) is 4.57. The van der Waals surface area contributed by atoms with Crippen LogP contribution in [0, 0.1) is 5.82 Å². The SMILES string of the molecule is COc1cc(OC)nc(NCc2ccc(F)c(Cl)c2)n1. The van der Waals surface area contributed by atoms with Gasteiger partial charge in [-0.2, -0.15) is 9.97 Å². The largest absolute Gasteiger partial charge is 0.481 e. The van der Waals surface area contributed by atoms with Crippen molar-refractivity contribution in [2.75, 3.05) is 19.5 Å². The molecule has 0 aliphatic heterocycles. The Labute approximate surface area is 120 Å². The van der Waals surface area contributed by atoms with E-state index in [1.54, 1.807) is 18.2 Å². The lowest BCUT2D eigenvalue weighted by atomic mass is 10.2. The number of nitrogens with one attached hydrogen (secondary N) is 1. The molecule has 0 radical (unpaired) electrons. The Hall–Kier alpha value is -2.08. The van der Waals surface area contributed by atoms with E-state index in [0.29, 0.717) is 24.3 Å². The Bertz CT molecular complexity index is 588. The highest BCUT2D eigenvalue weighted by atomic mass is 35.5. The Morgan fingerprint density at radius 3 is 2.35 bits per heavy atom. The summed E-state index contributed by atoms with van der Waals surface area (Å²) in [6, 6.07) is 6.05. The number of rotatable bonds is 5. The van der Waals surface area contributed by atoms with Gasteiger partial charge in [-0.25, -0.2) is 4.39 Å². The molecular formula is C13H13ClFN3O2. The van der Waals surface area contributed by atoms with Gasteiger partial charge in [0.2, 0.25) is 17.7 Å². The number of ether oxygens (including phenoxy) is 2. The van der Waals surface area contributed by atoms with Gasteiger partial charge in [0.15, 0.2) is 0 Å². The van der Waals surface area contributed by atoms with E-state index in [1.165, 1.54) is 20.3 Å². The van der Waals surface area contributed by atoms with Crippen LogP contribution in [0.25, 0.3) is 0 Å². The number of anilines is 1. The van der Waals surface area contributed by atoms with Crippen molar-refractivity contribution in [2.45, 2.75) is 6.54 Å². The summed E-state index contributed by atoms with van der Waals surface area (Å²) in [6.45, 7) is 0.399. The molecule has 0 fully saturated rings. The van der Waals surface area contributed by atoms with E-state index in [2.05, 4.69) is 15.3 Å². The smallest absolute Gasteiger partial charge is 0.229 e. The lowest BCUT2D eigenvalue weighted by molar-refractivity contribution is 0.373. The molecule has 0 aliphatic rings. The van der Waals surface area contributed by atoms with E-state index in [1.807, 2.05) is 0 Å². The summed E-state index contributed by atoms with van der Waals surface area (Å²) in [5.41, 5.74) is 0.807. The van der Waals surface area contributed by atoms with Crippen molar-refractivity contribution >= 4 is 17.5 Å². The van der Waals surface area contributed by atoms with Gasteiger partial charge >= 0.3 is 0 Å². The molecule has 2 aromatic rings. The van der Waals surface area contributed by atoms with Crippen LogP contribution in [0.15, 0.2) is 24.3 Å². The molecule has 0 aliphatic carbocycles. The molecule has 0 saturated carbocycles. The Morgan fingerprint density at radius 2 is 1.80 bits per heavy atom. The number of nitrogens with zero attached hydrogens (tertiary/aromatic N) is 2. The van der Waals surface area contributed by atoms with Crippen molar-refractivity contribution in [2.24, 2.45) is 0 Å². The third kappa shape index (κ3) is 3.48. The van der Waals surface area contributed by atoms with Crippen molar-refractivity contribution in [1.82, 2.24) is 9.97 Å². The van der Waals surface area contributed by atoms with Gasteiger partial charge in [0.05, 0.1) is 25.3 Å². The maximum Gasteiger partial charge on any atom is 0.229 e. The fraction of sp³-hybridized carbons (Fsp3) is 0.231. The number of benzene rings is 1. The molecule has 2 rings (SSSR count). The van der Waals surface area contributed by atoms with Gasteiger partial charge in [0, 0.05) is 6.54 Å². The normalized spacial score (nSPS) is 10.2. The van der Waals surface area contributed by atoms with E-state index >= 15 is 0 Å². The minimum Gasteiger partial charge on any atom is -0.481 e. The van der Waals surface area contributed by atoms with Crippen LogP contribution >= 0.6 is 11.6 Å². The Balaban J connectivity index is 2.11. The molecular weight excluding hydrogens is 285 g/mol. The third-order valence-electron chi connectivity index (χ3n) is 2.53. The summed E-state index contributed by atoms with van der Waals surface area (Å²) < 4.78 is 23.1. The quantitative estimate of drug-likeness (QED) is 0.919. The maximum absolute atomic E-state index is 13.0. The zero-order chi connectivity index (χ0) is 14.5. The summed E-state index contributed by atoms with van der Waals surface area (Å²) in [5.74, 6) is 0.671. The highest BCUT2D eigenvalue weighted by Crippen LogP contribution is 2.19. The third-order valence-corrected chi connectivity index (χ3v) is 2.82. The molecule has 1 aromatic heterocycles. The summed E-state index contributed by atoms with van der Waals surface area (Å²) in [7, 11) is 3.01. The van der Waals surface area contributed by atoms with Crippen molar-refractivity contribution in [3.63, 3.8) is 0 Å². The zero-order valence-electron chi connectivity index (χ0n) is 11.0. The summed E-state index contributed by atoms with van der Waals surface area (Å²) in [5, 5.41) is 3.07. The van der Waals surface area contributed by atoms with E-state index in [0.717, 1.165) is 5.56 Å². The maximum atomic E-state index is 13.0. The minimum atomic E-state index is -0.449. The van der Waals surface area contributed by atoms with Gasteiger partial charge < -0.3 is 14.8 Å². The van der Waals surface area contributed by atoms with Gasteiger partial charge in [-0.05, 0) is 17.7 Å². The van der Waals surface area contributed by atoms with E-state index in [-0.39, 0.29) is 5.02 Å². The molecule has 106 valence electrons. The molecule has 20 heavy (non-hydrogen) atoms. The van der Waals surface area contributed by atoms with Crippen molar-refractivity contribution in [3.8, 4) is 11.8 Å². The van der Waals surface area contributed by atoms with E-state index in [9.17, 15) is 4.39 Å². The van der Waals surface area contributed by atoms with Crippen LogP contribution in [0.3, 0.4) is 0 Å². The first-order valence-corrected chi connectivity index (χ1v) is 6.15. The molecule has 5 nitrogen and oxygen atoms in total. The Morgan fingerprint density at radius 1 is 1.15 bits per heavy atom. The van der Waals surface area contributed by atoms with Gasteiger partial charge in [-0.1, -0.05) is 17.7 Å². The lowest BCUT2D eigenvalue weighted by Gasteiger charge is -2.08. The number of hydrogen-bond acceptors (Lipinski definition) is 5. The van der Waals surface area contributed by atoms with Gasteiger partial charge in [-0.15, -0.1) is 0 Å². The van der Waals surface area contributed by atoms with Crippen molar-refractivity contribution in [3.05, 3.63) is 40.7 Å². The van der Waals surface area contributed by atoms with E-state index in [4.69, 9.17) is 21.1 Å². The van der Waals surface area contributed by atoms with Crippen LogP contribution in [-0.2, 0) is 6.54 Å². The lowest BCUT2D eigenvalue weighted by Crippen LogP contribution is -2.05. The molecule has 0 unspecified atom stereocenters. The molecule has 1 N–H and O–H groups in total. The summed E-state index contributed by atoms with van der Waals surface area (Å²) >= 11 is 5.72. The van der Waals surface area contributed by atoms with Crippen molar-refractivity contribution < 1.29 is 13.9 Å². The molecule has 0 amide bonds. The van der Waals surface area contributed by atoms with Crippen molar-refractivity contribution in [1.29, 1.82) is 0 Å². The average Bonchev–Trinajstić information content (AvgIpc) is 2.48. The van der Waals surface area contributed by atoms with Crippen LogP contribution in [0.5, 0.6) is 11.8 Å². The van der Waals surface area contributed by atoms with Gasteiger partial charge in [0.25, 0.3) is 0 Å². The predicted molar refractivity (Wildman–Crippen MR) is 73.9 cm³/mol. The molecule has 0 bridgehead atoms. The van der Waals surface area contributed by atoms with Gasteiger partial charge in [-0.3, -0.25) is 0 Å². The first kappa shape index (κ1) is 14.3. The second-order valence-corrected chi connectivity index (χ2v) is 4.29. The first-order valence-electron chi connectivity index (χ1n) is 5.77. The minimum absolute atomic E-state index is 0.0773. The topological polar surface area (TPSA) is 56.3 Å². The highest BCUT2D eigenvalue weighted by molar-refractivity contribution is 6.30. The van der Waals surface area contributed by atoms with Gasteiger partial charge in [0.1, 0.15) is 5.82 Å². The molecule has 0 spiro atoms. The van der Waals surface area contributed by atoms with Crippen LogP contribution in [0.4, 0.5) is 10.3 Å². The second kappa shape index (κ2) is 6.38. The van der Waals surface area contributed by atoms with Crippen LogP contribution < -0.4 is 14.8 Å².